The molecule has 1 aromatic heterocycles. The van der Waals surface area contributed by atoms with E-state index >= 15 is 0 Å². The van der Waals surface area contributed by atoms with Crippen LogP contribution in [0.1, 0.15) is 13.3 Å². The number of nitrogens with zero attached hydrogens (tertiary/aromatic N) is 2. The fourth-order valence-electron chi connectivity index (χ4n) is 2.47. The first-order valence-corrected chi connectivity index (χ1v) is 6.82. The maximum absolute atomic E-state index is 5.65. The number of rotatable bonds is 4. The van der Waals surface area contributed by atoms with Gasteiger partial charge in [-0.1, -0.05) is 0 Å². The lowest BCUT2D eigenvalue weighted by atomic mass is 10.1. The van der Waals surface area contributed by atoms with E-state index in [2.05, 4.69) is 16.8 Å². The van der Waals surface area contributed by atoms with E-state index in [9.17, 15) is 0 Å². The van der Waals surface area contributed by atoms with E-state index in [4.69, 9.17) is 15.2 Å². The first kappa shape index (κ1) is 13.0. The van der Waals surface area contributed by atoms with Crippen LogP contribution in [0.4, 0.5) is 5.82 Å². The van der Waals surface area contributed by atoms with Gasteiger partial charge in [-0.15, -0.1) is 0 Å². The monoisotopic (exact) mass is 273 g/mol. The molecule has 0 saturated carbocycles. The molecule has 106 valence electrons. The van der Waals surface area contributed by atoms with E-state index in [-0.39, 0.29) is 6.79 Å². The highest BCUT2D eigenvalue weighted by molar-refractivity contribution is 5.94. The summed E-state index contributed by atoms with van der Waals surface area (Å²) in [7, 11) is 2.05. The summed E-state index contributed by atoms with van der Waals surface area (Å²) in [5.41, 5.74) is 5.65. The molecule has 0 aliphatic carbocycles. The Bertz CT molecular complexity index is 630. The summed E-state index contributed by atoms with van der Waals surface area (Å²) >= 11 is 0. The van der Waals surface area contributed by atoms with E-state index in [1.807, 2.05) is 31.4 Å². The van der Waals surface area contributed by atoms with Crippen molar-refractivity contribution in [2.24, 2.45) is 5.73 Å². The van der Waals surface area contributed by atoms with Crippen LogP contribution in [-0.2, 0) is 0 Å². The smallest absolute Gasteiger partial charge is 0.231 e. The molecule has 1 aliphatic heterocycles. The van der Waals surface area contributed by atoms with Crippen molar-refractivity contribution >= 4 is 16.6 Å². The highest BCUT2D eigenvalue weighted by Gasteiger charge is 2.18. The van der Waals surface area contributed by atoms with Crippen LogP contribution in [0, 0.1) is 0 Å². The normalized spacial score (nSPS) is 14.6. The van der Waals surface area contributed by atoms with Crippen molar-refractivity contribution in [3.05, 3.63) is 24.4 Å². The zero-order valence-electron chi connectivity index (χ0n) is 11.8. The van der Waals surface area contributed by atoms with Crippen molar-refractivity contribution in [3.63, 3.8) is 0 Å². The van der Waals surface area contributed by atoms with E-state index in [1.54, 1.807) is 0 Å². The standard InChI is InChI=1S/C15H19N3O2/c1-10(3-5-16)18(2)15-12-8-14-13(19-9-20-14)7-11(12)4-6-17-15/h4,6-8,10H,3,5,9,16H2,1-2H3. The van der Waals surface area contributed by atoms with E-state index in [1.165, 1.54) is 0 Å². The SMILES string of the molecule is CC(CCN)N(C)c1nccc2cc3c(cc12)OCO3. The van der Waals surface area contributed by atoms with E-state index in [0.717, 1.165) is 34.5 Å². The molecule has 2 N–H and O–H groups in total. The summed E-state index contributed by atoms with van der Waals surface area (Å²) in [5, 5.41) is 2.18. The number of aromatic nitrogens is 1. The third-order valence-corrected chi connectivity index (χ3v) is 3.82. The first-order chi connectivity index (χ1) is 9.70. The van der Waals surface area contributed by atoms with Gasteiger partial charge in [-0.25, -0.2) is 4.98 Å². The van der Waals surface area contributed by atoms with Crippen LogP contribution in [-0.4, -0.2) is 31.4 Å². The van der Waals surface area contributed by atoms with Crippen LogP contribution < -0.4 is 20.1 Å². The molecule has 0 fully saturated rings. The topological polar surface area (TPSA) is 60.6 Å². The average Bonchev–Trinajstić information content (AvgIpc) is 2.91. The number of fused-ring (bicyclic) bond motifs is 2. The maximum Gasteiger partial charge on any atom is 0.231 e. The quantitative estimate of drug-likeness (QED) is 0.924. The second-order valence-corrected chi connectivity index (χ2v) is 5.10. The summed E-state index contributed by atoms with van der Waals surface area (Å²) in [5.74, 6) is 2.53. The molecule has 0 radical (unpaired) electrons. The molecule has 2 aromatic rings. The lowest BCUT2D eigenvalue weighted by Gasteiger charge is -2.26. The van der Waals surface area contributed by atoms with E-state index in [0.29, 0.717) is 12.6 Å². The minimum absolute atomic E-state index is 0.286. The van der Waals surface area contributed by atoms with E-state index < -0.39 is 0 Å². The van der Waals surface area contributed by atoms with Gasteiger partial charge < -0.3 is 20.1 Å². The summed E-state index contributed by atoms with van der Waals surface area (Å²) in [6.07, 6.45) is 2.75. The van der Waals surface area contributed by atoms with Crippen LogP contribution in [0.25, 0.3) is 10.8 Å². The third kappa shape index (κ3) is 2.14. The lowest BCUT2D eigenvalue weighted by molar-refractivity contribution is 0.174. The van der Waals surface area contributed by atoms with Crippen LogP contribution in [0.3, 0.4) is 0 Å². The summed E-state index contributed by atoms with van der Waals surface area (Å²) in [6.45, 7) is 3.11. The number of pyridine rings is 1. The maximum atomic E-state index is 5.65. The predicted octanol–water partition coefficient (Wildman–Crippen LogP) is 2.14. The van der Waals surface area contributed by atoms with Crippen molar-refractivity contribution < 1.29 is 9.47 Å². The molecule has 1 unspecified atom stereocenters. The summed E-state index contributed by atoms with van der Waals surface area (Å²) < 4.78 is 10.9. The molecular formula is C15H19N3O2. The van der Waals surface area contributed by atoms with Gasteiger partial charge in [0.25, 0.3) is 0 Å². The second-order valence-electron chi connectivity index (χ2n) is 5.10. The summed E-state index contributed by atoms with van der Waals surface area (Å²) in [4.78, 5) is 6.69. The van der Waals surface area contributed by atoms with Crippen LogP contribution >= 0.6 is 0 Å². The Kier molecular flexibility index (Phi) is 3.36. The molecule has 1 aromatic carbocycles. The van der Waals surface area contributed by atoms with Gasteiger partial charge >= 0.3 is 0 Å². The summed E-state index contributed by atoms with van der Waals surface area (Å²) in [6, 6.07) is 6.33. The molecule has 3 rings (SSSR count). The molecule has 1 atom stereocenters. The third-order valence-electron chi connectivity index (χ3n) is 3.82. The molecule has 5 heteroatoms. The Labute approximate surface area is 118 Å². The number of anilines is 1. The lowest BCUT2D eigenvalue weighted by Crippen LogP contribution is -2.31. The van der Waals surface area contributed by atoms with Gasteiger partial charge in [0, 0.05) is 24.7 Å². The van der Waals surface area contributed by atoms with Gasteiger partial charge in [0.15, 0.2) is 11.5 Å². The second kappa shape index (κ2) is 5.17. The number of nitrogens with two attached hydrogens (primary N) is 1. The van der Waals surface area contributed by atoms with Gasteiger partial charge in [-0.05, 0) is 43.5 Å². The Morgan fingerprint density at radius 2 is 2.10 bits per heavy atom. The molecule has 2 heterocycles. The van der Waals surface area contributed by atoms with Crippen molar-refractivity contribution in [1.82, 2.24) is 4.98 Å². The number of hydrogen-bond acceptors (Lipinski definition) is 5. The molecular weight excluding hydrogens is 254 g/mol. The molecule has 0 amide bonds. The minimum Gasteiger partial charge on any atom is -0.454 e. The highest BCUT2D eigenvalue weighted by Crippen LogP contribution is 2.38. The van der Waals surface area contributed by atoms with Crippen molar-refractivity contribution in [3.8, 4) is 11.5 Å². The molecule has 5 nitrogen and oxygen atoms in total. The van der Waals surface area contributed by atoms with Crippen molar-refractivity contribution in [2.75, 3.05) is 25.3 Å². The van der Waals surface area contributed by atoms with Crippen molar-refractivity contribution in [2.45, 2.75) is 19.4 Å². The van der Waals surface area contributed by atoms with Crippen molar-refractivity contribution in [1.29, 1.82) is 0 Å². The first-order valence-electron chi connectivity index (χ1n) is 6.82. The molecule has 0 spiro atoms. The largest absolute Gasteiger partial charge is 0.454 e. The zero-order chi connectivity index (χ0) is 14.1. The van der Waals surface area contributed by atoms with Gasteiger partial charge in [0.1, 0.15) is 5.82 Å². The Morgan fingerprint density at radius 3 is 2.85 bits per heavy atom. The van der Waals surface area contributed by atoms with Crippen LogP contribution in [0.15, 0.2) is 24.4 Å². The Morgan fingerprint density at radius 1 is 1.35 bits per heavy atom. The van der Waals surface area contributed by atoms with Gasteiger partial charge in [-0.2, -0.15) is 0 Å². The van der Waals surface area contributed by atoms with Gasteiger partial charge in [0.2, 0.25) is 6.79 Å². The molecule has 0 saturated heterocycles. The van der Waals surface area contributed by atoms with Gasteiger partial charge in [0.05, 0.1) is 0 Å². The fraction of sp³-hybridized carbons (Fsp3) is 0.400. The van der Waals surface area contributed by atoms with Crippen LogP contribution in [0.2, 0.25) is 0 Å². The predicted molar refractivity (Wildman–Crippen MR) is 79.4 cm³/mol. The molecule has 20 heavy (non-hydrogen) atoms. The number of benzene rings is 1. The average molecular weight is 273 g/mol. The zero-order valence-corrected chi connectivity index (χ0v) is 11.8. The Balaban J connectivity index is 2.07. The van der Waals surface area contributed by atoms with Gasteiger partial charge in [-0.3, -0.25) is 0 Å². The highest BCUT2D eigenvalue weighted by atomic mass is 16.7. The minimum atomic E-state index is 0.286. The number of ether oxygens (including phenoxy) is 2. The van der Waals surface area contributed by atoms with Crippen LogP contribution in [0.5, 0.6) is 11.5 Å². The number of hydrogen-bond donors (Lipinski definition) is 1. The molecule has 1 aliphatic rings. The fourth-order valence-corrected chi connectivity index (χ4v) is 2.47. The Hall–Kier alpha value is -2.01. The molecule has 0 bridgehead atoms.